The van der Waals surface area contributed by atoms with Crippen molar-refractivity contribution in [3.8, 4) is 11.5 Å². The van der Waals surface area contributed by atoms with Crippen LogP contribution in [-0.4, -0.2) is 39.2 Å². The van der Waals surface area contributed by atoms with E-state index in [2.05, 4.69) is 0 Å². The number of aromatic hydroxyl groups is 1. The van der Waals surface area contributed by atoms with Gasteiger partial charge in [-0.1, -0.05) is 6.92 Å². The lowest BCUT2D eigenvalue weighted by molar-refractivity contribution is -0.385. The number of hydrogen-bond acceptors (Lipinski definition) is 7. The molecular formula is C15H16N2O6S. The van der Waals surface area contributed by atoms with Crippen LogP contribution in [0.5, 0.6) is 11.5 Å². The Balaban J connectivity index is 2.46. The molecule has 1 heterocycles. The largest absolute Gasteiger partial charge is 0.504 e. The van der Waals surface area contributed by atoms with E-state index in [4.69, 9.17) is 4.74 Å². The van der Waals surface area contributed by atoms with Gasteiger partial charge in [0.05, 0.1) is 22.5 Å². The number of phenols is 1. The highest BCUT2D eigenvalue weighted by molar-refractivity contribution is 8.18. The van der Waals surface area contributed by atoms with Gasteiger partial charge in [0.25, 0.3) is 16.8 Å². The highest BCUT2D eigenvalue weighted by Gasteiger charge is 2.34. The van der Waals surface area contributed by atoms with Crippen LogP contribution in [0.4, 0.5) is 10.5 Å². The molecule has 8 nitrogen and oxygen atoms in total. The normalized spacial score (nSPS) is 16.1. The van der Waals surface area contributed by atoms with E-state index in [1.165, 1.54) is 6.08 Å². The zero-order chi connectivity index (χ0) is 17.9. The Hall–Kier alpha value is -2.55. The Morgan fingerprint density at radius 3 is 2.67 bits per heavy atom. The molecular weight excluding hydrogens is 336 g/mol. The molecule has 2 rings (SSSR count). The smallest absolute Gasteiger partial charge is 0.293 e. The summed E-state index contributed by atoms with van der Waals surface area (Å²) in [5, 5.41) is 20.8. The number of hydrogen-bond donors (Lipinski definition) is 1. The van der Waals surface area contributed by atoms with E-state index in [-0.39, 0.29) is 34.3 Å². The molecule has 1 aliphatic rings. The molecule has 0 radical (unpaired) electrons. The highest BCUT2D eigenvalue weighted by Crippen LogP contribution is 2.39. The summed E-state index contributed by atoms with van der Waals surface area (Å²) in [7, 11) is 0. The summed E-state index contributed by atoms with van der Waals surface area (Å²) in [4.78, 5) is 35.7. The summed E-state index contributed by atoms with van der Waals surface area (Å²) in [6.07, 6.45) is 1.90. The Bertz CT molecular complexity index is 731. The van der Waals surface area contributed by atoms with Gasteiger partial charge < -0.3 is 9.84 Å². The lowest BCUT2D eigenvalue weighted by Crippen LogP contribution is -2.28. The van der Waals surface area contributed by atoms with Crippen molar-refractivity contribution in [1.29, 1.82) is 0 Å². The molecule has 24 heavy (non-hydrogen) atoms. The molecule has 1 fully saturated rings. The number of benzene rings is 1. The summed E-state index contributed by atoms with van der Waals surface area (Å²) in [6, 6.07) is 2.24. The number of ether oxygens (including phenoxy) is 1. The van der Waals surface area contributed by atoms with Crippen molar-refractivity contribution in [2.45, 2.75) is 20.3 Å². The number of imide groups is 1. The van der Waals surface area contributed by atoms with Gasteiger partial charge in [-0.3, -0.25) is 24.6 Å². The fourth-order valence-corrected chi connectivity index (χ4v) is 3.01. The van der Waals surface area contributed by atoms with Gasteiger partial charge in [0, 0.05) is 18.2 Å². The molecule has 0 spiro atoms. The van der Waals surface area contributed by atoms with Gasteiger partial charge in [-0.25, -0.2) is 0 Å². The predicted octanol–water partition coefficient (Wildman–Crippen LogP) is 3.15. The second-order valence-electron chi connectivity index (χ2n) is 4.91. The number of carbonyl (C=O) groups is 2. The molecule has 1 N–H and O–H groups in total. The summed E-state index contributed by atoms with van der Waals surface area (Å²) in [6.45, 7) is 4.02. The van der Waals surface area contributed by atoms with Crippen LogP contribution in [-0.2, 0) is 4.79 Å². The van der Waals surface area contributed by atoms with Gasteiger partial charge >= 0.3 is 0 Å². The summed E-state index contributed by atoms with van der Waals surface area (Å²) in [5.41, 5.74) is -0.232. The van der Waals surface area contributed by atoms with Crippen molar-refractivity contribution in [1.82, 2.24) is 4.90 Å². The molecule has 0 bridgehead atoms. The molecule has 0 unspecified atom stereocenters. The zero-order valence-corrected chi connectivity index (χ0v) is 14.0. The molecule has 1 saturated heterocycles. The summed E-state index contributed by atoms with van der Waals surface area (Å²) < 4.78 is 5.19. The number of nitrogens with zero attached hydrogens (tertiary/aromatic N) is 2. The molecule has 0 aromatic heterocycles. The maximum absolute atomic E-state index is 12.2. The van der Waals surface area contributed by atoms with Crippen LogP contribution in [0.3, 0.4) is 0 Å². The fourth-order valence-electron chi connectivity index (χ4n) is 2.15. The third-order valence-corrected chi connectivity index (χ3v) is 4.11. The minimum atomic E-state index is -0.623. The minimum absolute atomic E-state index is 0.0502. The number of amides is 2. The van der Waals surface area contributed by atoms with Crippen LogP contribution in [0.2, 0.25) is 0 Å². The molecule has 128 valence electrons. The van der Waals surface area contributed by atoms with Crippen LogP contribution in [0, 0.1) is 10.1 Å². The zero-order valence-electron chi connectivity index (χ0n) is 13.1. The maximum Gasteiger partial charge on any atom is 0.293 e. The van der Waals surface area contributed by atoms with Crippen molar-refractivity contribution >= 4 is 34.7 Å². The first-order chi connectivity index (χ1) is 11.4. The molecule has 9 heteroatoms. The number of carbonyl (C=O) groups excluding carboxylic acids is 2. The third-order valence-electron chi connectivity index (χ3n) is 3.21. The lowest BCUT2D eigenvalue weighted by atomic mass is 10.1. The number of nitro groups is 1. The van der Waals surface area contributed by atoms with Gasteiger partial charge in [-0.2, -0.15) is 0 Å². The quantitative estimate of drug-likeness (QED) is 0.475. The standard InChI is InChI=1S/C15H16N2O6S/c1-3-5-16-14(19)12(24-15(16)20)7-9-6-10(17(21)22)8-11(13(9)18)23-4-2/h6-8,18H,3-5H2,1-2H3/b12-7+. The molecule has 0 saturated carbocycles. The van der Waals surface area contributed by atoms with E-state index in [1.54, 1.807) is 6.92 Å². The topological polar surface area (TPSA) is 110 Å². The van der Waals surface area contributed by atoms with Crippen molar-refractivity contribution < 1.29 is 24.4 Å². The number of thioether (sulfide) groups is 1. The molecule has 0 atom stereocenters. The average Bonchev–Trinajstić information content (AvgIpc) is 2.79. The first-order valence-electron chi connectivity index (χ1n) is 7.28. The molecule has 1 aliphatic heterocycles. The van der Waals surface area contributed by atoms with E-state index >= 15 is 0 Å². The third kappa shape index (κ3) is 3.51. The molecule has 1 aromatic carbocycles. The highest BCUT2D eigenvalue weighted by atomic mass is 32.2. The van der Waals surface area contributed by atoms with Gasteiger partial charge in [0.15, 0.2) is 11.5 Å². The Kier molecular flexibility index (Phi) is 5.45. The van der Waals surface area contributed by atoms with Crippen LogP contribution in [0.25, 0.3) is 6.08 Å². The first-order valence-corrected chi connectivity index (χ1v) is 8.10. The van der Waals surface area contributed by atoms with Crippen LogP contribution in [0.15, 0.2) is 17.0 Å². The molecule has 0 aliphatic carbocycles. The number of rotatable bonds is 6. The van der Waals surface area contributed by atoms with Gasteiger partial charge in [0.2, 0.25) is 0 Å². The van der Waals surface area contributed by atoms with E-state index in [9.17, 15) is 24.8 Å². The molecule has 1 aromatic rings. The predicted molar refractivity (Wildman–Crippen MR) is 88.9 cm³/mol. The van der Waals surface area contributed by atoms with Crippen molar-refractivity contribution in [2.24, 2.45) is 0 Å². The van der Waals surface area contributed by atoms with E-state index in [0.29, 0.717) is 13.0 Å². The Labute approximate surface area is 142 Å². The van der Waals surface area contributed by atoms with Crippen LogP contribution in [0.1, 0.15) is 25.8 Å². The van der Waals surface area contributed by atoms with E-state index in [0.717, 1.165) is 28.8 Å². The lowest BCUT2D eigenvalue weighted by Gasteiger charge is -2.10. The van der Waals surface area contributed by atoms with Crippen molar-refractivity contribution in [2.75, 3.05) is 13.2 Å². The van der Waals surface area contributed by atoms with Crippen molar-refractivity contribution in [3.05, 3.63) is 32.7 Å². The number of non-ortho nitro benzene ring substituents is 1. The van der Waals surface area contributed by atoms with Crippen molar-refractivity contribution in [3.63, 3.8) is 0 Å². The maximum atomic E-state index is 12.2. The second-order valence-corrected chi connectivity index (χ2v) is 5.90. The Morgan fingerprint density at radius 1 is 1.38 bits per heavy atom. The van der Waals surface area contributed by atoms with Crippen LogP contribution < -0.4 is 4.74 Å². The first kappa shape index (κ1) is 17.8. The molecule has 2 amide bonds. The number of nitro benzene ring substituents is 1. The average molecular weight is 352 g/mol. The monoisotopic (exact) mass is 352 g/mol. The minimum Gasteiger partial charge on any atom is -0.504 e. The fraction of sp³-hybridized carbons (Fsp3) is 0.333. The van der Waals surface area contributed by atoms with Gasteiger partial charge in [-0.05, 0) is 31.2 Å². The van der Waals surface area contributed by atoms with Crippen LogP contribution >= 0.6 is 11.8 Å². The summed E-state index contributed by atoms with van der Waals surface area (Å²) >= 11 is 0.736. The van der Waals surface area contributed by atoms with E-state index in [1.807, 2.05) is 6.92 Å². The van der Waals surface area contributed by atoms with Gasteiger partial charge in [-0.15, -0.1) is 0 Å². The Morgan fingerprint density at radius 2 is 2.08 bits per heavy atom. The van der Waals surface area contributed by atoms with Gasteiger partial charge in [0.1, 0.15) is 0 Å². The SMILES string of the molecule is CCCN1C(=O)S/C(=C/c2cc([N+](=O)[O-])cc(OCC)c2O)C1=O. The number of phenolic OH excluding ortho intramolecular Hbond substituents is 1. The van der Waals surface area contributed by atoms with E-state index < -0.39 is 16.1 Å². The summed E-state index contributed by atoms with van der Waals surface area (Å²) in [5.74, 6) is -0.841. The second kappa shape index (κ2) is 7.35.